The molecule has 0 unspecified atom stereocenters. The molecule has 0 radical (unpaired) electrons. The van der Waals surface area contributed by atoms with E-state index in [2.05, 4.69) is 5.32 Å². The van der Waals surface area contributed by atoms with E-state index in [1.807, 2.05) is 0 Å². The van der Waals surface area contributed by atoms with Crippen LogP contribution in [0.1, 0.15) is 27.7 Å². The van der Waals surface area contributed by atoms with Gasteiger partial charge in [-0.3, -0.25) is 9.59 Å². The summed E-state index contributed by atoms with van der Waals surface area (Å²) in [6.45, 7) is 5.95. The monoisotopic (exact) mass is 349 g/mol. The van der Waals surface area contributed by atoms with E-state index in [9.17, 15) is 30.0 Å². The van der Waals surface area contributed by atoms with E-state index in [0.29, 0.717) is 13.1 Å². The molecule has 22 heavy (non-hydrogen) atoms. The first-order chi connectivity index (χ1) is 9.67. The summed E-state index contributed by atoms with van der Waals surface area (Å²) < 4.78 is 0. The Hall–Kier alpha value is -0.986. The Morgan fingerprint density at radius 1 is 0.818 bits per heavy atom. The summed E-state index contributed by atoms with van der Waals surface area (Å²) in [5.74, 6) is -0.750. The molecule has 8 heteroatoms. The first-order valence-corrected chi connectivity index (χ1v) is 6.26. The van der Waals surface area contributed by atoms with Crippen LogP contribution in [0.3, 0.4) is 0 Å². The Morgan fingerprint density at radius 2 is 1.09 bits per heavy atom. The van der Waals surface area contributed by atoms with Crippen molar-refractivity contribution in [2.45, 2.75) is 27.7 Å². The molecule has 124 valence electrons. The summed E-state index contributed by atoms with van der Waals surface area (Å²) in [6.07, 6.45) is 2.11. The third-order valence-corrected chi connectivity index (χ3v) is 1.37. The van der Waals surface area contributed by atoms with Crippen LogP contribution in [0.25, 0.3) is 0 Å². The van der Waals surface area contributed by atoms with Gasteiger partial charge in [0.05, 0.1) is 0 Å². The topological polar surface area (TPSA) is 138 Å². The Balaban J connectivity index is -0.000000108. The van der Waals surface area contributed by atoms with Gasteiger partial charge in [-0.05, 0) is 39.1 Å². The fourth-order valence-electron chi connectivity index (χ4n) is 0.842. The van der Waals surface area contributed by atoms with Gasteiger partial charge in [-0.15, -0.1) is 24.7 Å². The zero-order valence-corrected chi connectivity index (χ0v) is 15.0. The average molecular weight is 349 g/mol. The van der Waals surface area contributed by atoms with Gasteiger partial charge in [-0.2, -0.15) is 0 Å². The minimum atomic E-state index is -0.187. The minimum absolute atomic E-state index is 0. The summed E-state index contributed by atoms with van der Waals surface area (Å²) >= 11 is 0. The van der Waals surface area contributed by atoms with Crippen molar-refractivity contribution in [3.05, 3.63) is 23.7 Å². The van der Waals surface area contributed by atoms with Gasteiger partial charge in [0.25, 0.3) is 0 Å². The van der Waals surface area contributed by atoms with E-state index < -0.39 is 0 Å². The van der Waals surface area contributed by atoms with Gasteiger partial charge in [0.15, 0.2) is 11.6 Å². The maximum Gasteiger partial charge on any atom is 4.00 e. The number of rotatable bonds is 6. The van der Waals surface area contributed by atoms with Crippen LogP contribution in [0.15, 0.2) is 23.7 Å². The van der Waals surface area contributed by atoms with Gasteiger partial charge in [-0.25, -0.2) is 0 Å². The molecule has 0 aromatic carbocycles. The molecule has 0 aromatic heterocycles. The Kier molecular flexibility index (Phi) is 29.5. The molecule has 0 aromatic rings. The summed E-state index contributed by atoms with van der Waals surface area (Å²) in [5, 5.41) is 41.9. The molecule has 0 aliphatic rings. The third kappa shape index (κ3) is 50.9. The molecule has 0 atom stereocenters. The average Bonchev–Trinajstić information content (AvgIpc) is 2.27. The smallest absolute Gasteiger partial charge is 0.876 e. The molecular weight excluding hydrogens is 326 g/mol. The van der Waals surface area contributed by atoms with Crippen molar-refractivity contribution in [1.82, 2.24) is 5.32 Å². The quantitative estimate of drug-likeness (QED) is 0.233. The fraction of sp³-hybridized carbons (Fsp3) is 0.571. The van der Waals surface area contributed by atoms with Gasteiger partial charge in [-0.1, -0.05) is 13.8 Å². The summed E-state index contributed by atoms with van der Waals surface area (Å²) in [7, 11) is 0. The molecule has 0 rings (SSSR count). The third-order valence-electron chi connectivity index (χ3n) is 1.37. The number of allylic oxidation sites excluding steroid dienone is 4. The van der Waals surface area contributed by atoms with E-state index in [-0.39, 0.29) is 58.0 Å². The molecule has 0 saturated carbocycles. The molecule has 0 saturated heterocycles. The van der Waals surface area contributed by atoms with Gasteiger partial charge >= 0.3 is 21.7 Å². The van der Waals surface area contributed by atoms with E-state index in [4.69, 9.17) is 0 Å². The number of nitrogens with one attached hydrogen (secondary N) is 1. The van der Waals surface area contributed by atoms with Crippen LogP contribution in [0.4, 0.5) is 0 Å². The molecule has 0 spiro atoms. The summed E-state index contributed by atoms with van der Waals surface area (Å²) in [4.78, 5) is 20.0. The summed E-state index contributed by atoms with van der Waals surface area (Å²) in [5.41, 5.74) is 0. The van der Waals surface area contributed by atoms with Crippen LogP contribution < -0.4 is 25.7 Å². The zero-order valence-electron chi connectivity index (χ0n) is 13.4. The number of ketones is 2. The maximum atomic E-state index is 9.98. The van der Waals surface area contributed by atoms with E-state index in [1.165, 1.54) is 27.7 Å². The summed E-state index contributed by atoms with van der Waals surface area (Å²) in [6, 6.07) is 0. The van der Waals surface area contributed by atoms with Crippen LogP contribution in [-0.4, -0.2) is 37.9 Å². The molecule has 1 N–H and O–H groups in total. The SMILES string of the molecule is CC(=O)C=C(C)[O-].CC(=O)C=C(C)[O-].[O-]CCNCC[O-].[Ti+4]. The Bertz CT molecular complexity index is 302. The minimum Gasteiger partial charge on any atom is -0.876 e. The molecule has 0 amide bonds. The van der Waals surface area contributed by atoms with E-state index >= 15 is 0 Å². The predicted octanol–water partition coefficient (Wildman–Crippen LogP) is -3.03. The molecular formula is C14H23NO6Ti. The first-order valence-electron chi connectivity index (χ1n) is 6.26. The van der Waals surface area contributed by atoms with Gasteiger partial charge in [0.2, 0.25) is 0 Å². The van der Waals surface area contributed by atoms with Gasteiger partial charge < -0.3 is 25.7 Å². The predicted molar refractivity (Wildman–Crippen MR) is 71.5 cm³/mol. The number of carbonyl (C=O) groups excluding carboxylic acids is 2. The van der Waals surface area contributed by atoms with Crippen LogP contribution in [0, 0.1) is 0 Å². The van der Waals surface area contributed by atoms with Crippen LogP contribution in [0.5, 0.6) is 0 Å². The second-order valence-corrected chi connectivity index (χ2v) is 3.89. The van der Waals surface area contributed by atoms with Gasteiger partial charge in [0.1, 0.15) is 0 Å². The van der Waals surface area contributed by atoms with Crippen molar-refractivity contribution < 1.29 is 51.7 Å². The number of carbonyl (C=O) groups is 2. The molecule has 0 heterocycles. The molecule has 0 aliphatic heterocycles. The Morgan fingerprint density at radius 3 is 1.18 bits per heavy atom. The maximum absolute atomic E-state index is 9.98. The Labute approximate surface area is 146 Å². The van der Waals surface area contributed by atoms with Crippen molar-refractivity contribution in [1.29, 1.82) is 0 Å². The zero-order chi connectivity index (χ0) is 17.3. The first kappa shape index (κ1) is 29.1. The van der Waals surface area contributed by atoms with Crippen molar-refractivity contribution in [2.24, 2.45) is 0 Å². The van der Waals surface area contributed by atoms with Crippen LogP contribution >= 0.6 is 0 Å². The van der Waals surface area contributed by atoms with Crippen LogP contribution in [0.2, 0.25) is 0 Å². The molecule has 7 nitrogen and oxygen atoms in total. The standard InChI is InChI=1S/2C5H8O2.C4H9NO2.Ti/c2*1-4(6)3-5(2)7;6-3-1-5-2-4-7;/h2*3,6H,1-2H3;5H,1-4H2;/q;;-2;+4/p-2. The number of hydrogen-bond donors (Lipinski definition) is 1. The van der Waals surface area contributed by atoms with Crippen molar-refractivity contribution in [2.75, 3.05) is 26.3 Å². The van der Waals surface area contributed by atoms with Crippen molar-refractivity contribution in [3.63, 3.8) is 0 Å². The normalized spacial score (nSPS) is 10.3. The molecule has 0 fully saturated rings. The fourth-order valence-corrected chi connectivity index (χ4v) is 0.842. The van der Waals surface area contributed by atoms with E-state index in [0.717, 1.165) is 12.2 Å². The molecule has 0 bridgehead atoms. The van der Waals surface area contributed by atoms with Gasteiger partial charge in [0, 0.05) is 0 Å². The number of hydrogen-bond acceptors (Lipinski definition) is 7. The van der Waals surface area contributed by atoms with Crippen LogP contribution in [-0.2, 0) is 31.3 Å². The molecule has 0 aliphatic carbocycles. The largest absolute Gasteiger partial charge is 4.00 e. The second-order valence-electron chi connectivity index (χ2n) is 3.89. The second kappa shape index (κ2) is 22.3. The van der Waals surface area contributed by atoms with E-state index in [1.54, 1.807) is 0 Å². The van der Waals surface area contributed by atoms with Crippen molar-refractivity contribution in [3.8, 4) is 0 Å². The van der Waals surface area contributed by atoms with Crippen molar-refractivity contribution >= 4 is 11.6 Å².